The van der Waals surface area contributed by atoms with Crippen LogP contribution in [0.1, 0.15) is 5.56 Å². The SMILES string of the molecule is O=C(O)Cc1c[nH]c(=O)n(-c2cc(Cl)cc(Cl)c2)c1=O. The maximum atomic E-state index is 12.1. The van der Waals surface area contributed by atoms with Gasteiger partial charge in [-0.2, -0.15) is 0 Å². The van der Waals surface area contributed by atoms with Gasteiger partial charge in [-0.25, -0.2) is 9.36 Å². The van der Waals surface area contributed by atoms with Crippen LogP contribution >= 0.6 is 23.2 Å². The van der Waals surface area contributed by atoms with Crippen LogP contribution in [0.3, 0.4) is 0 Å². The molecule has 0 amide bonds. The molecule has 8 heteroatoms. The normalized spacial score (nSPS) is 10.5. The van der Waals surface area contributed by atoms with E-state index in [1.807, 2.05) is 0 Å². The summed E-state index contributed by atoms with van der Waals surface area (Å²) in [6.07, 6.45) is 0.589. The van der Waals surface area contributed by atoms with E-state index < -0.39 is 23.6 Å². The summed E-state index contributed by atoms with van der Waals surface area (Å²) in [6, 6.07) is 4.22. The molecule has 2 N–H and O–H groups in total. The Morgan fingerprint density at radius 2 is 1.80 bits per heavy atom. The average Bonchev–Trinajstić information content (AvgIpc) is 2.31. The van der Waals surface area contributed by atoms with Gasteiger partial charge >= 0.3 is 11.7 Å². The predicted octanol–water partition coefficient (Wildman–Crippen LogP) is 1.46. The smallest absolute Gasteiger partial charge is 0.333 e. The lowest BCUT2D eigenvalue weighted by molar-refractivity contribution is -0.136. The number of nitrogens with zero attached hydrogens (tertiary/aromatic N) is 1. The average molecular weight is 315 g/mol. The van der Waals surface area contributed by atoms with Gasteiger partial charge in [0, 0.05) is 21.8 Å². The van der Waals surface area contributed by atoms with Crippen molar-refractivity contribution in [1.29, 1.82) is 0 Å². The van der Waals surface area contributed by atoms with Crippen molar-refractivity contribution in [1.82, 2.24) is 9.55 Å². The first-order chi connectivity index (χ1) is 9.38. The van der Waals surface area contributed by atoms with Gasteiger partial charge in [-0.1, -0.05) is 23.2 Å². The lowest BCUT2D eigenvalue weighted by Gasteiger charge is -2.07. The van der Waals surface area contributed by atoms with Crippen molar-refractivity contribution < 1.29 is 9.90 Å². The van der Waals surface area contributed by atoms with Crippen LogP contribution in [0.15, 0.2) is 34.0 Å². The van der Waals surface area contributed by atoms with Crippen molar-refractivity contribution in [2.24, 2.45) is 0 Å². The van der Waals surface area contributed by atoms with Crippen molar-refractivity contribution in [3.8, 4) is 5.69 Å². The summed E-state index contributed by atoms with van der Waals surface area (Å²) in [4.78, 5) is 36.9. The zero-order valence-corrected chi connectivity index (χ0v) is 11.4. The highest BCUT2D eigenvalue weighted by atomic mass is 35.5. The molecule has 0 aliphatic carbocycles. The van der Waals surface area contributed by atoms with Crippen LogP contribution in [0, 0.1) is 0 Å². The van der Waals surface area contributed by atoms with E-state index in [-0.39, 0.29) is 21.3 Å². The van der Waals surface area contributed by atoms with Crippen LogP contribution in [-0.4, -0.2) is 20.6 Å². The molecule has 0 unspecified atom stereocenters. The number of aliphatic carboxylic acids is 1. The summed E-state index contributed by atoms with van der Waals surface area (Å²) in [6.45, 7) is 0. The fourth-order valence-corrected chi connectivity index (χ4v) is 2.22. The van der Waals surface area contributed by atoms with Crippen molar-refractivity contribution in [2.45, 2.75) is 6.42 Å². The number of hydrogen-bond acceptors (Lipinski definition) is 3. The molecule has 0 spiro atoms. The Hall–Kier alpha value is -2.05. The van der Waals surface area contributed by atoms with E-state index in [9.17, 15) is 14.4 Å². The molecule has 2 aromatic rings. The van der Waals surface area contributed by atoms with Gasteiger partial charge in [0.25, 0.3) is 5.56 Å². The van der Waals surface area contributed by atoms with Gasteiger partial charge in [-0.3, -0.25) is 9.59 Å². The van der Waals surface area contributed by atoms with Crippen LogP contribution < -0.4 is 11.2 Å². The molecule has 0 aliphatic heterocycles. The molecular weight excluding hydrogens is 307 g/mol. The molecule has 1 heterocycles. The van der Waals surface area contributed by atoms with E-state index in [1.165, 1.54) is 18.2 Å². The molecule has 104 valence electrons. The second-order valence-electron chi connectivity index (χ2n) is 3.96. The van der Waals surface area contributed by atoms with E-state index in [4.69, 9.17) is 28.3 Å². The van der Waals surface area contributed by atoms with Crippen molar-refractivity contribution in [2.75, 3.05) is 0 Å². The summed E-state index contributed by atoms with van der Waals surface area (Å²) in [5, 5.41) is 9.23. The van der Waals surface area contributed by atoms with Gasteiger partial charge in [0.1, 0.15) is 0 Å². The molecule has 0 aliphatic rings. The van der Waals surface area contributed by atoms with Crippen molar-refractivity contribution in [3.05, 3.63) is 60.8 Å². The van der Waals surface area contributed by atoms with Gasteiger partial charge in [-0.15, -0.1) is 0 Å². The summed E-state index contributed by atoms with van der Waals surface area (Å²) in [7, 11) is 0. The monoisotopic (exact) mass is 314 g/mol. The maximum absolute atomic E-state index is 12.1. The fourth-order valence-electron chi connectivity index (χ4n) is 1.70. The molecule has 0 fully saturated rings. The molecular formula is C12H8Cl2N2O4. The standard InChI is InChI=1S/C12H8Cl2N2O4/c13-7-2-8(14)4-9(3-7)16-11(19)6(1-10(17)18)5-15-12(16)20/h2-5H,1H2,(H,15,20)(H,17,18). The minimum atomic E-state index is -1.18. The topological polar surface area (TPSA) is 92.2 Å². The number of carboxylic acids is 1. The van der Waals surface area contributed by atoms with E-state index in [1.54, 1.807) is 0 Å². The summed E-state index contributed by atoms with van der Waals surface area (Å²) in [5.74, 6) is -1.18. The number of rotatable bonds is 3. The van der Waals surface area contributed by atoms with E-state index in [0.29, 0.717) is 0 Å². The Morgan fingerprint density at radius 1 is 1.20 bits per heavy atom. The second kappa shape index (κ2) is 5.52. The number of hydrogen-bond donors (Lipinski definition) is 2. The first-order valence-electron chi connectivity index (χ1n) is 5.40. The second-order valence-corrected chi connectivity index (χ2v) is 4.83. The molecule has 0 radical (unpaired) electrons. The van der Waals surface area contributed by atoms with E-state index in [2.05, 4.69) is 4.98 Å². The van der Waals surface area contributed by atoms with Gasteiger partial charge in [-0.05, 0) is 18.2 Å². The third-order valence-electron chi connectivity index (χ3n) is 2.50. The van der Waals surface area contributed by atoms with Gasteiger partial charge in [0.05, 0.1) is 12.1 Å². The van der Waals surface area contributed by atoms with Crippen LogP contribution in [0.5, 0.6) is 0 Å². The minimum Gasteiger partial charge on any atom is -0.481 e. The Kier molecular flexibility index (Phi) is 3.96. The summed E-state index contributed by atoms with van der Waals surface area (Å²) < 4.78 is 0.788. The zero-order valence-electron chi connectivity index (χ0n) is 9.89. The highest BCUT2D eigenvalue weighted by Crippen LogP contribution is 2.20. The summed E-state index contributed by atoms with van der Waals surface area (Å²) >= 11 is 11.6. The fraction of sp³-hybridized carbons (Fsp3) is 0.0833. The molecule has 2 rings (SSSR count). The Labute approximate surface area is 122 Å². The zero-order chi connectivity index (χ0) is 14.9. The Morgan fingerprint density at radius 3 is 2.35 bits per heavy atom. The van der Waals surface area contributed by atoms with Crippen molar-refractivity contribution >= 4 is 29.2 Å². The molecule has 0 bridgehead atoms. The largest absolute Gasteiger partial charge is 0.481 e. The molecule has 6 nitrogen and oxygen atoms in total. The van der Waals surface area contributed by atoms with Gasteiger partial charge in [0.15, 0.2) is 0 Å². The molecule has 0 saturated carbocycles. The highest BCUT2D eigenvalue weighted by molar-refractivity contribution is 6.34. The van der Waals surface area contributed by atoms with Crippen LogP contribution in [-0.2, 0) is 11.2 Å². The van der Waals surface area contributed by atoms with E-state index in [0.717, 1.165) is 10.8 Å². The van der Waals surface area contributed by atoms with Crippen LogP contribution in [0.25, 0.3) is 5.69 Å². The number of benzene rings is 1. The maximum Gasteiger partial charge on any atom is 0.333 e. The third-order valence-corrected chi connectivity index (χ3v) is 2.93. The Balaban J connectivity index is 2.70. The number of nitrogens with one attached hydrogen (secondary N) is 1. The minimum absolute atomic E-state index is 0.0480. The molecule has 0 saturated heterocycles. The number of carboxylic acid groups (broad SMARTS) is 1. The van der Waals surface area contributed by atoms with Gasteiger partial charge in [0.2, 0.25) is 0 Å². The third kappa shape index (κ3) is 2.92. The van der Waals surface area contributed by atoms with E-state index >= 15 is 0 Å². The van der Waals surface area contributed by atoms with Crippen LogP contribution in [0.2, 0.25) is 10.0 Å². The highest BCUT2D eigenvalue weighted by Gasteiger charge is 2.12. The molecule has 0 atom stereocenters. The number of halogens is 2. The molecule has 20 heavy (non-hydrogen) atoms. The molecule has 1 aromatic heterocycles. The van der Waals surface area contributed by atoms with Gasteiger partial charge < -0.3 is 10.1 Å². The lowest BCUT2D eigenvalue weighted by atomic mass is 10.2. The van der Waals surface area contributed by atoms with Crippen molar-refractivity contribution in [3.63, 3.8) is 0 Å². The number of aromatic nitrogens is 2. The number of aromatic amines is 1. The first-order valence-corrected chi connectivity index (χ1v) is 6.16. The predicted molar refractivity (Wildman–Crippen MR) is 74.0 cm³/mol. The van der Waals surface area contributed by atoms with Crippen LogP contribution in [0.4, 0.5) is 0 Å². The first kappa shape index (κ1) is 14.4. The number of carbonyl (C=O) groups is 1. The quantitative estimate of drug-likeness (QED) is 0.897. The lowest BCUT2D eigenvalue weighted by Crippen LogP contribution is -2.36. The number of H-pyrrole nitrogens is 1. The molecule has 1 aromatic carbocycles. The summed E-state index contributed by atoms with van der Waals surface area (Å²) in [5.41, 5.74) is -1.31. The Bertz CT molecular complexity index is 775.